The molecule has 3 aromatic rings. The van der Waals surface area contributed by atoms with Gasteiger partial charge in [0.15, 0.2) is 0 Å². The summed E-state index contributed by atoms with van der Waals surface area (Å²) in [5, 5.41) is 12.2. The van der Waals surface area contributed by atoms with Crippen molar-refractivity contribution in [1.29, 1.82) is 0 Å². The molecule has 2 aromatic heterocycles. The highest BCUT2D eigenvalue weighted by atomic mass is 32.2. The standard InChI is InChI=1S/C18H21N5O2S/c1-13-6-7-15(14(2)9-13)10-22(3)17(24)12-26-18-19-20-21-23(18)11-16-5-4-8-25-16/h4-9H,10-12H2,1-3H3. The molecule has 0 saturated carbocycles. The van der Waals surface area contributed by atoms with Crippen LogP contribution in [0.25, 0.3) is 0 Å². The molecule has 0 unspecified atom stereocenters. The van der Waals surface area contributed by atoms with Crippen molar-refractivity contribution in [2.45, 2.75) is 32.1 Å². The van der Waals surface area contributed by atoms with Crippen LogP contribution in [0.4, 0.5) is 0 Å². The van der Waals surface area contributed by atoms with Gasteiger partial charge in [0.1, 0.15) is 12.3 Å². The molecule has 0 spiro atoms. The Balaban J connectivity index is 1.56. The van der Waals surface area contributed by atoms with E-state index < -0.39 is 0 Å². The fraction of sp³-hybridized carbons (Fsp3) is 0.333. The van der Waals surface area contributed by atoms with Gasteiger partial charge >= 0.3 is 0 Å². The third kappa shape index (κ3) is 4.51. The number of aryl methyl sites for hydroxylation is 2. The van der Waals surface area contributed by atoms with E-state index >= 15 is 0 Å². The first-order chi connectivity index (χ1) is 12.5. The van der Waals surface area contributed by atoms with Crippen LogP contribution in [-0.4, -0.2) is 43.8 Å². The summed E-state index contributed by atoms with van der Waals surface area (Å²) in [5.41, 5.74) is 3.57. The van der Waals surface area contributed by atoms with Gasteiger partial charge in [-0.3, -0.25) is 4.79 Å². The molecule has 0 radical (unpaired) electrons. The van der Waals surface area contributed by atoms with Gasteiger partial charge in [-0.05, 0) is 47.5 Å². The number of furan rings is 1. The van der Waals surface area contributed by atoms with E-state index in [1.807, 2.05) is 19.2 Å². The number of aromatic nitrogens is 4. The molecular weight excluding hydrogens is 350 g/mol. The van der Waals surface area contributed by atoms with Crippen LogP contribution in [0.2, 0.25) is 0 Å². The molecule has 0 N–H and O–H groups in total. The lowest BCUT2D eigenvalue weighted by molar-refractivity contribution is -0.127. The quantitative estimate of drug-likeness (QED) is 0.594. The average Bonchev–Trinajstić information content (AvgIpc) is 3.27. The molecule has 1 amide bonds. The number of hydrogen-bond donors (Lipinski definition) is 0. The number of tetrazole rings is 1. The van der Waals surface area contributed by atoms with Gasteiger partial charge in [-0.25, -0.2) is 4.68 Å². The Morgan fingerprint density at radius 3 is 2.88 bits per heavy atom. The van der Waals surface area contributed by atoms with Crippen LogP contribution < -0.4 is 0 Å². The van der Waals surface area contributed by atoms with Gasteiger partial charge in [0.05, 0.1) is 12.0 Å². The Kier molecular flexibility index (Phi) is 5.72. The Bertz CT molecular complexity index is 876. The van der Waals surface area contributed by atoms with Crippen LogP contribution in [0.5, 0.6) is 0 Å². The van der Waals surface area contributed by atoms with E-state index in [-0.39, 0.29) is 11.7 Å². The van der Waals surface area contributed by atoms with E-state index in [1.54, 1.807) is 15.8 Å². The lowest BCUT2D eigenvalue weighted by Crippen LogP contribution is -2.28. The summed E-state index contributed by atoms with van der Waals surface area (Å²) in [5.74, 6) is 1.07. The summed E-state index contributed by atoms with van der Waals surface area (Å²) >= 11 is 1.32. The zero-order valence-electron chi connectivity index (χ0n) is 15.0. The maximum absolute atomic E-state index is 12.5. The molecule has 7 nitrogen and oxygen atoms in total. The zero-order chi connectivity index (χ0) is 18.5. The molecule has 0 aliphatic carbocycles. The Hall–Kier alpha value is -2.61. The number of carbonyl (C=O) groups excluding carboxylic acids is 1. The largest absolute Gasteiger partial charge is 0.467 e. The molecule has 1 aromatic carbocycles. The van der Waals surface area contributed by atoms with Crippen molar-refractivity contribution in [2.24, 2.45) is 0 Å². The first kappa shape index (κ1) is 18.2. The highest BCUT2D eigenvalue weighted by Gasteiger charge is 2.15. The van der Waals surface area contributed by atoms with Gasteiger partial charge in [-0.1, -0.05) is 35.5 Å². The van der Waals surface area contributed by atoms with E-state index in [0.29, 0.717) is 18.2 Å². The van der Waals surface area contributed by atoms with Gasteiger partial charge in [0.2, 0.25) is 11.1 Å². The highest BCUT2D eigenvalue weighted by Crippen LogP contribution is 2.17. The van der Waals surface area contributed by atoms with Crippen molar-refractivity contribution < 1.29 is 9.21 Å². The third-order valence-electron chi connectivity index (χ3n) is 4.04. The Morgan fingerprint density at radius 1 is 1.31 bits per heavy atom. The van der Waals surface area contributed by atoms with E-state index in [9.17, 15) is 4.79 Å². The molecule has 0 atom stereocenters. The number of thioether (sulfide) groups is 1. The summed E-state index contributed by atoms with van der Waals surface area (Å²) in [7, 11) is 1.81. The van der Waals surface area contributed by atoms with Crippen molar-refractivity contribution >= 4 is 17.7 Å². The molecule has 8 heteroatoms. The lowest BCUT2D eigenvalue weighted by Gasteiger charge is -2.18. The smallest absolute Gasteiger partial charge is 0.233 e. The first-order valence-electron chi connectivity index (χ1n) is 8.24. The molecule has 0 aliphatic heterocycles. The maximum Gasteiger partial charge on any atom is 0.233 e. The minimum atomic E-state index is 0.0301. The van der Waals surface area contributed by atoms with Crippen LogP contribution in [0.3, 0.4) is 0 Å². The summed E-state index contributed by atoms with van der Waals surface area (Å²) in [6.07, 6.45) is 1.61. The van der Waals surface area contributed by atoms with E-state index in [1.165, 1.54) is 22.9 Å². The van der Waals surface area contributed by atoms with E-state index in [0.717, 1.165) is 11.3 Å². The van der Waals surface area contributed by atoms with Gasteiger partial charge in [-0.2, -0.15) is 0 Å². The minimum Gasteiger partial charge on any atom is -0.467 e. The molecule has 0 saturated heterocycles. The maximum atomic E-state index is 12.5. The number of amides is 1. The molecule has 26 heavy (non-hydrogen) atoms. The van der Waals surface area contributed by atoms with Crippen molar-refractivity contribution in [2.75, 3.05) is 12.8 Å². The van der Waals surface area contributed by atoms with Crippen molar-refractivity contribution in [3.05, 3.63) is 59.0 Å². The highest BCUT2D eigenvalue weighted by molar-refractivity contribution is 7.99. The summed E-state index contributed by atoms with van der Waals surface area (Å²) in [6, 6.07) is 9.95. The molecular formula is C18H21N5O2S. The van der Waals surface area contributed by atoms with E-state index in [2.05, 4.69) is 47.6 Å². The molecule has 3 rings (SSSR count). The monoisotopic (exact) mass is 371 g/mol. The molecule has 2 heterocycles. The summed E-state index contributed by atoms with van der Waals surface area (Å²) in [4.78, 5) is 14.2. The Morgan fingerprint density at radius 2 is 2.15 bits per heavy atom. The number of carbonyl (C=O) groups is 1. The normalized spacial score (nSPS) is 10.9. The molecule has 0 bridgehead atoms. The van der Waals surface area contributed by atoms with E-state index in [4.69, 9.17) is 4.42 Å². The second kappa shape index (κ2) is 8.18. The average molecular weight is 371 g/mol. The zero-order valence-corrected chi connectivity index (χ0v) is 15.9. The van der Waals surface area contributed by atoms with Crippen molar-refractivity contribution in [1.82, 2.24) is 25.1 Å². The van der Waals surface area contributed by atoms with Gasteiger partial charge in [0, 0.05) is 13.6 Å². The second-order valence-electron chi connectivity index (χ2n) is 6.17. The number of rotatable bonds is 7. The first-order valence-corrected chi connectivity index (χ1v) is 9.23. The SMILES string of the molecule is Cc1ccc(CN(C)C(=O)CSc2nnnn2Cc2ccco2)c(C)c1. The van der Waals surface area contributed by atoms with Crippen molar-refractivity contribution in [3.8, 4) is 0 Å². The second-order valence-corrected chi connectivity index (χ2v) is 7.11. The third-order valence-corrected chi connectivity index (χ3v) is 4.98. The van der Waals surface area contributed by atoms with Crippen LogP contribution in [0, 0.1) is 13.8 Å². The van der Waals surface area contributed by atoms with Crippen LogP contribution in [0.1, 0.15) is 22.5 Å². The predicted octanol–water partition coefficient (Wildman–Crippen LogP) is 2.68. The minimum absolute atomic E-state index is 0.0301. The number of hydrogen-bond acceptors (Lipinski definition) is 6. The predicted molar refractivity (Wildman–Crippen MR) is 98.7 cm³/mol. The topological polar surface area (TPSA) is 77.1 Å². The van der Waals surface area contributed by atoms with Crippen molar-refractivity contribution in [3.63, 3.8) is 0 Å². The van der Waals surface area contributed by atoms with Gasteiger partial charge in [0.25, 0.3) is 0 Å². The molecule has 136 valence electrons. The fourth-order valence-electron chi connectivity index (χ4n) is 2.55. The molecule has 0 fully saturated rings. The van der Waals surface area contributed by atoms with Crippen LogP contribution >= 0.6 is 11.8 Å². The van der Waals surface area contributed by atoms with Crippen LogP contribution in [0.15, 0.2) is 46.2 Å². The molecule has 0 aliphatic rings. The summed E-state index contributed by atoms with van der Waals surface area (Å²) in [6.45, 7) is 5.16. The van der Waals surface area contributed by atoms with Gasteiger partial charge in [-0.15, -0.1) is 5.10 Å². The van der Waals surface area contributed by atoms with Crippen LogP contribution in [-0.2, 0) is 17.9 Å². The summed E-state index contributed by atoms with van der Waals surface area (Å²) < 4.78 is 6.94. The number of benzene rings is 1. The Labute approximate surface area is 156 Å². The lowest BCUT2D eigenvalue weighted by atomic mass is 10.1. The fourth-order valence-corrected chi connectivity index (χ4v) is 3.37. The number of nitrogens with zero attached hydrogens (tertiary/aromatic N) is 5. The van der Waals surface area contributed by atoms with Gasteiger partial charge < -0.3 is 9.32 Å².